The molecule has 102 valence electrons. The number of halogens is 4. The van der Waals surface area contributed by atoms with E-state index in [9.17, 15) is 13.2 Å². The Morgan fingerprint density at radius 1 is 1.37 bits per heavy atom. The van der Waals surface area contributed by atoms with Crippen molar-refractivity contribution in [1.29, 1.82) is 0 Å². The Bertz CT molecular complexity index is 580. The predicted molar refractivity (Wildman–Crippen MR) is 67.5 cm³/mol. The molecule has 0 aliphatic carbocycles. The molecule has 0 amide bonds. The van der Waals surface area contributed by atoms with Crippen molar-refractivity contribution in [2.45, 2.75) is 12.7 Å². The molecule has 0 saturated carbocycles. The van der Waals surface area contributed by atoms with Crippen molar-refractivity contribution >= 4 is 21.7 Å². The Kier molecular flexibility index (Phi) is 3.79. The van der Waals surface area contributed by atoms with E-state index in [0.717, 1.165) is 11.6 Å². The Hall–Kier alpha value is -1.57. The van der Waals surface area contributed by atoms with E-state index in [1.807, 2.05) is 0 Å². The second-order valence-electron chi connectivity index (χ2n) is 3.92. The zero-order valence-electron chi connectivity index (χ0n) is 9.87. The van der Waals surface area contributed by atoms with Crippen LogP contribution in [0.25, 0.3) is 0 Å². The maximum atomic E-state index is 12.8. The molecule has 0 radical (unpaired) electrons. The van der Waals surface area contributed by atoms with Crippen molar-refractivity contribution < 1.29 is 13.2 Å². The van der Waals surface area contributed by atoms with Crippen LogP contribution in [0.5, 0.6) is 0 Å². The maximum Gasteiger partial charge on any atom is 0.419 e. The molecule has 4 nitrogen and oxygen atoms in total. The summed E-state index contributed by atoms with van der Waals surface area (Å²) in [4.78, 5) is 3.76. The van der Waals surface area contributed by atoms with Gasteiger partial charge in [-0.05, 0) is 22.0 Å². The standard InChI is InChI=1S/C11H10BrF3N4/c1-19-6-7(4-18-19)3-16-10-9(11(13,14)15)2-8(12)5-17-10/h2,4-6H,3H2,1H3,(H,16,17). The minimum Gasteiger partial charge on any atom is -0.365 e. The number of hydrogen-bond donors (Lipinski definition) is 1. The van der Waals surface area contributed by atoms with Gasteiger partial charge in [-0.25, -0.2) is 4.98 Å². The van der Waals surface area contributed by atoms with Gasteiger partial charge in [-0.1, -0.05) is 0 Å². The molecule has 0 fully saturated rings. The Morgan fingerprint density at radius 3 is 2.68 bits per heavy atom. The molecule has 0 spiro atoms. The first-order valence-electron chi connectivity index (χ1n) is 5.30. The topological polar surface area (TPSA) is 42.7 Å². The van der Waals surface area contributed by atoms with Gasteiger partial charge in [0.15, 0.2) is 0 Å². The lowest BCUT2D eigenvalue weighted by Gasteiger charge is -2.13. The normalized spacial score (nSPS) is 11.6. The van der Waals surface area contributed by atoms with E-state index >= 15 is 0 Å². The van der Waals surface area contributed by atoms with Crippen molar-refractivity contribution in [2.24, 2.45) is 7.05 Å². The van der Waals surface area contributed by atoms with E-state index in [-0.39, 0.29) is 16.8 Å². The molecule has 0 unspecified atom stereocenters. The molecular weight excluding hydrogens is 325 g/mol. The molecule has 8 heteroatoms. The monoisotopic (exact) mass is 334 g/mol. The quantitative estimate of drug-likeness (QED) is 0.937. The van der Waals surface area contributed by atoms with Crippen molar-refractivity contribution in [2.75, 3.05) is 5.32 Å². The van der Waals surface area contributed by atoms with Gasteiger partial charge < -0.3 is 5.32 Å². The fraction of sp³-hybridized carbons (Fsp3) is 0.273. The maximum absolute atomic E-state index is 12.8. The first-order chi connectivity index (χ1) is 8.86. The van der Waals surface area contributed by atoms with Crippen LogP contribution in [0.1, 0.15) is 11.1 Å². The van der Waals surface area contributed by atoms with Crippen LogP contribution in [-0.4, -0.2) is 14.8 Å². The lowest BCUT2D eigenvalue weighted by molar-refractivity contribution is -0.137. The number of nitrogens with one attached hydrogen (secondary N) is 1. The molecule has 2 rings (SSSR count). The number of aromatic nitrogens is 3. The average molecular weight is 335 g/mol. The van der Waals surface area contributed by atoms with Gasteiger partial charge in [-0.2, -0.15) is 18.3 Å². The summed E-state index contributed by atoms with van der Waals surface area (Å²) < 4.78 is 40.4. The van der Waals surface area contributed by atoms with E-state index in [1.54, 1.807) is 24.1 Å². The van der Waals surface area contributed by atoms with Gasteiger partial charge in [0.1, 0.15) is 5.82 Å². The summed E-state index contributed by atoms with van der Waals surface area (Å²) in [5, 5.41) is 6.61. The van der Waals surface area contributed by atoms with Crippen molar-refractivity contribution in [3.05, 3.63) is 40.3 Å². The Labute approximate surface area is 115 Å². The molecule has 0 aromatic carbocycles. The summed E-state index contributed by atoms with van der Waals surface area (Å²) >= 11 is 2.98. The molecule has 19 heavy (non-hydrogen) atoms. The average Bonchev–Trinajstić information content (AvgIpc) is 2.72. The van der Waals surface area contributed by atoms with Gasteiger partial charge in [0.25, 0.3) is 0 Å². The molecule has 0 aliphatic heterocycles. The number of hydrogen-bond acceptors (Lipinski definition) is 3. The first kappa shape index (κ1) is 13.9. The number of rotatable bonds is 3. The molecule has 0 bridgehead atoms. The highest BCUT2D eigenvalue weighted by molar-refractivity contribution is 9.10. The number of nitrogens with zero attached hydrogens (tertiary/aromatic N) is 3. The second-order valence-corrected chi connectivity index (χ2v) is 4.84. The zero-order valence-corrected chi connectivity index (χ0v) is 11.5. The van der Waals surface area contributed by atoms with Crippen LogP contribution in [0.2, 0.25) is 0 Å². The number of anilines is 1. The van der Waals surface area contributed by atoms with Crippen LogP contribution >= 0.6 is 15.9 Å². The third-order valence-corrected chi connectivity index (χ3v) is 2.81. The molecule has 0 atom stereocenters. The van der Waals surface area contributed by atoms with Crippen molar-refractivity contribution in [3.63, 3.8) is 0 Å². The first-order valence-corrected chi connectivity index (χ1v) is 6.09. The van der Waals surface area contributed by atoms with Crippen LogP contribution in [0.4, 0.5) is 19.0 Å². The van der Waals surface area contributed by atoms with Crippen molar-refractivity contribution in [3.8, 4) is 0 Å². The van der Waals surface area contributed by atoms with E-state index < -0.39 is 11.7 Å². The molecule has 2 heterocycles. The summed E-state index contributed by atoms with van der Waals surface area (Å²) in [6.07, 6.45) is 0.174. The fourth-order valence-electron chi connectivity index (χ4n) is 1.55. The minimum atomic E-state index is -4.45. The summed E-state index contributed by atoms with van der Waals surface area (Å²) in [7, 11) is 1.74. The van der Waals surface area contributed by atoms with Crippen LogP contribution in [0.15, 0.2) is 29.1 Å². The van der Waals surface area contributed by atoms with Gasteiger partial charge in [-0.15, -0.1) is 0 Å². The predicted octanol–water partition coefficient (Wildman–Crippen LogP) is 3.21. The molecule has 2 aromatic heterocycles. The fourth-order valence-corrected chi connectivity index (χ4v) is 1.88. The third-order valence-electron chi connectivity index (χ3n) is 2.38. The summed E-state index contributed by atoms with van der Waals surface area (Å²) in [5.41, 5.74) is -0.0221. The van der Waals surface area contributed by atoms with Gasteiger partial charge in [0.2, 0.25) is 0 Å². The minimum absolute atomic E-state index is 0.195. The molecule has 2 aromatic rings. The van der Waals surface area contributed by atoms with Gasteiger partial charge in [0, 0.05) is 36.0 Å². The highest BCUT2D eigenvalue weighted by atomic mass is 79.9. The second kappa shape index (κ2) is 5.20. The zero-order chi connectivity index (χ0) is 14.0. The lowest BCUT2D eigenvalue weighted by Crippen LogP contribution is -2.12. The van der Waals surface area contributed by atoms with Gasteiger partial charge in [-0.3, -0.25) is 4.68 Å². The van der Waals surface area contributed by atoms with E-state index in [0.29, 0.717) is 0 Å². The smallest absolute Gasteiger partial charge is 0.365 e. The highest BCUT2D eigenvalue weighted by Crippen LogP contribution is 2.35. The molecule has 1 N–H and O–H groups in total. The van der Waals surface area contributed by atoms with E-state index in [4.69, 9.17) is 0 Å². The molecule has 0 saturated heterocycles. The Balaban J connectivity index is 2.20. The number of pyridine rings is 1. The van der Waals surface area contributed by atoms with Crippen LogP contribution in [0.3, 0.4) is 0 Å². The molecule has 0 aliphatic rings. The van der Waals surface area contributed by atoms with Gasteiger partial charge >= 0.3 is 6.18 Å². The summed E-state index contributed by atoms with van der Waals surface area (Å²) in [5.74, 6) is -0.195. The number of aryl methyl sites for hydroxylation is 1. The number of alkyl halides is 3. The van der Waals surface area contributed by atoms with Crippen molar-refractivity contribution in [1.82, 2.24) is 14.8 Å². The van der Waals surface area contributed by atoms with Crippen LogP contribution in [0, 0.1) is 0 Å². The Morgan fingerprint density at radius 2 is 2.11 bits per heavy atom. The van der Waals surface area contributed by atoms with Gasteiger partial charge in [0.05, 0.1) is 11.8 Å². The largest absolute Gasteiger partial charge is 0.419 e. The summed E-state index contributed by atoms with van der Waals surface area (Å²) in [6.45, 7) is 0.228. The summed E-state index contributed by atoms with van der Waals surface area (Å²) in [6, 6.07) is 0.999. The molecular formula is C11H10BrF3N4. The van der Waals surface area contributed by atoms with E-state index in [2.05, 4.69) is 31.3 Å². The third kappa shape index (κ3) is 3.46. The van der Waals surface area contributed by atoms with E-state index in [1.165, 1.54) is 6.20 Å². The van der Waals surface area contributed by atoms with Crippen LogP contribution in [-0.2, 0) is 19.8 Å². The lowest BCUT2D eigenvalue weighted by atomic mass is 10.2. The van der Waals surface area contributed by atoms with Crippen LogP contribution < -0.4 is 5.32 Å². The highest BCUT2D eigenvalue weighted by Gasteiger charge is 2.34. The SMILES string of the molecule is Cn1cc(CNc2ncc(Br)cc2C(F)(F)F)cn1.